The molecule has 0 saturated carbocycles. The number of nitrogens with one attached hydrogen (secondary N) is 2. The number of unbranched alkanes of at least 4 members (excludes halogenated alkanes) is 2. The fraction of sp³-hybridized carbons (Fsp3) is 0.333. The molecule has 0 saturated heterocycles. The summed E-state index contributed by atoms with van der Waals surface area (Å²) in [5.41, 5.74) is 2.48. The van der Waals surface area contributed by atoms with Crippen LogP contribution in [0.3, 0.4) is 0 Å². The van der Waals surface area contributed by atoms with Crippen LogP contribution < -0.4 is 10.6 Å². The van der Waals surface area contributed by atoms with Gasteiger partial charge in [0.1, 0.15) is 5.82 Å². The number of aromatic nitrogens is 1. The smallest absolute Gasteiger partial charge is 0.255 e. The van der Waals surface area contributed by atoms with Gasteiger partial charge in [0.15, 0.2) is 0 Å². The molecule has 116 valence electrons. The number of nitrogens with zero attached hydrogens (tertiary/aromatic N) is 1. The Morgan fingerprint density at radius 1 is 1.09 bits per heavy atom. The third-order valence-electron chi connectivity index (χ3n) is 3.42. The highest BCUT2D eigenvalue weighted by molar-refractivity contribution is 6.04. The largest absolute Gasteiger partial charge is 0.370 e. The molecule has 0 bridgehead atoms. The Labute approximate surface area is 132 Å². The second kappa shape index (κ2) is 8.17. The zero-order valence-electron chi connectivity index (χ0n) is 13.2. The first-order chi connectivity index (χ1) is 10.7. The Kier molecular flexibility index (Phi) is 5.95. The topological polar surface area (TPSA) is 54.0 Å². The summed E-state index contributed by atoms with van der Waals surface area (Å²) in [4.78, 5) is 16.4. The highest BCUT2D eigenvalue weighted by Gasteiger charge is 2.05. The van der Waals surface area contributed by atoms with E-state index in [9.17, 15) is 4.79 Å². The van der Waals surface area contributed by atoms with Crippen molar-refractivity contribution in [2.75, 3.05) is 17.2 Å². The first-order valence-electron chi connectivity index (χ1n) is 7.77. The number of rotatable bonds is 7. The van der Waals surface area contributed by atoms with E-state index >= 15 is 0 Å². The van der Waals surface area contributed by atoms with E-state index in [0.717, 1.165) is 24.3 Å². The summed E-state index contributed by atoms with van der Waals surface area (Å²) in [7, 11) is 0. The maximum Gasteiger partial charge on any atom is 0.255 e. The van der Waals surface area contributed by atoms with E-state index in [-0.39, 0.29) is 5.91 Å². The summed E-state index contributed by atoms with van der Waals surface area (Å²) in [6, 6.07) is 11.2. The van der Waals surface area contributed by atoms with Gasteiger partial charge in [-0.1, -0.05) is 37.5 Å². The minimum absolute atomic E-state index is 0.120. The third-order valence-corrected chi connectivity index (χ3v) is 3.42. The number of aryl methyl sites for hydroxylation is 1. The molecule has 2 N–H and O–H groups in total. The van der Waals surface area contributed by atoms with E-state index in [4.69, 9.17) is 0 Å². The molecular formula is C18H23N3O. The van der Waals surface area contributed by atoms with Gasteiger partial charge in [-0.3, -0.25) is 4.79 Å². The highest BCUT2D eigenvalue weighted by Crippen LogP contribution is 2.12. The molecule has 0 fully saturated rings. The van der Waals surface area contributed by atoms with Crippen molar-refractivity contribution in [2.45, 2.75) is 33.1 Å². The Balaban J connectivity index is 1.88. The van der Waals surface area contributed by atoms with Gasteiger partial charge in [-0.05, 0) is 37.6 Å². The lowest BCUT2D eigenvalue weighted by Crippen LogP contribution is -2.12. The Hall–Kier alpha value is -2.36. The normalized spacial score (nSPS) is 10.3. The number of carbonyl (C=O) groups is 1. The van der Waals surface area contributed by atoms with Gasteiger partial charge in [-0.2, -0.15) is 0 Å². The van der Waals surface area contributed by atoms with Crippen LogP contribution in [0.1, 0.15) is 42.1 Å². The van der Waals surface area contributed by atoms with Gasteiger partial charge in [0.25, 0.3) is 5.91 Å². The number of hydrogen-bond acceptors (Lipinski definition) is 3. The van der Waals surface area contributed by atoms with E-state index in [1.54, 1.807) is 6.20 Å². The Morgan fingerprint density at radius 3 is 2.50 bits per heavy atom. The molecule has 0 atom stereocenters. The maximum atomic E-state index is 12.1. The summed E-state index contributed by atoms with van der Waals surface area (Å²) < 4.78 is 0. The van der Waals surface area contributed by atoms with Crippen molar-refractivity contribution >= 4 is 17.4 Å². The van der Waals surface area contributed by atoms with Crippen molar-refractivity contribution in [3.8, 4) is 0 Å². The Bertz CT molecular complexity index is 591. The van der Waals surface area contributed by atoms with Crippen molar-refractivity contribution in [1.82, 2.24) is 4.98 Å². The van der Waals surface area contributed by atoms with E-state index in [1.165, 1.54) is 12.8 Å². The first kappa shape index (κ1) is 16.0. The molecule has 0 unspecified atom stereocenters. The fourth-order valence-corrected chi connectivity index (χ4v) is 2.07. The van der Waals surface area contributed by atoms with Gasteiger partial charge in [-0.15, -0.1) is 0 Å². The number of benzene rings is 1. The number of carbonyl (C=O) groups excluding carboxylic acids is 1. The fourth-order valence-electron chi connectivity index (χ4n) is 2.07. The molecule has 0 aliphatic heterocycles. The molecule has 0 radical (unpaired) electrons. The quantitative estimate of drug-likeness (QED) is 0.751. The summed E-state index contributed by atoms with van der Waals surface area (Å²) in [6.45, 7) is 5.11. The van der Waals surface area contributed by atoms with Crippen LogP contribution in [-0.2, 0) is 0 Å². The molecule has 2 rings (SSSR count). The minimum atomic E-state index is -0.120. The predicted molar refractivity (Wildman–Crippen MR) is 91.4 cm³/mol. The molecule has 0 aliphatic rings. The van der Waals surface area contributed by atoms with Gasteiger partial charge >= 0.3 is 0 Å². The zero-order chi connectivity index (χ0) is 15.8. The van der Waals surface area contributed by atoms with Crippen LogP contribution in [0.25, 0.3) is 0 Å². The lowest BCUT2D eigenvalue weighted by Gasteiger charge is -2.08. The van der Waals surface area contributed by atoms with Crippen LogP contribution in [-0.4, -0.2) is 17.4 Å². The van der Waals surface area contributed by atoms with Crippen LogP contribution in [0.2, 0.25) is 0 Å². The second-order valence-corrected chi connectivity index (χ2v) is 5.39. The van der Waals surface area contributed by atoms with E-state index < -0.39 is 0 Å². The van der Waals surface area contributed by atoms with Crippen LogP contribution in [0.4, 0.5) is 11.5 Å². The minimum Gasteiger partial charge on any atom is -0.370 e. The van der Waals surface area contributed by atoms with Crippen LogP contribution in [0.5, 0.6) is 0 Å². The van der Waals surface area contributed by atoms with Gasteiger partial charge < -0.3 is 10.6 Å². The molecule has 4 nitrogen and oxygen atoms in total. The van der Waals surface area contributed by atoms with Crippen molar-refractivity contribution in [3.05, 3.63) is 53.7 Å². The van der Waals surface area contributed by atoms with E-state index in [2.05, 4.69) is 22.5 Å². The maximum absolute atomic E-state index is 12.1. The molecule has 1 aromatic heterocycles. The Morgan fingerprint density at radius 2 is 1.86 bits per heavy atom. The predicted octanol–water partition coefficient (Wildman–Crippen LogP) is 4.24. The molecule has 2 aromatic rings. The number of hydrogen-bond donors (Lipinski definition) is 2. The summed E-state index contributed by atoms with van der Waals surface area (Å²) >= 11 is 0. The van der Waals surface area contributed by atoms with Crippen molar-refractivity contribution < 1.29 is 4.79 Å². The molecule has 0 aliphatic carbocycles. The second-order valence-electron chi connectivity index (χ2n) is 5.39. The van der Waals surface area contributed by atoms with Gasteiger partial charge in [0, 0.05) is 12.1 Å². The summed E-state index contributed by atoms with van der Waals surface area (Å²) in [5.74, 6) is 0.717. The first-order valence-corrected chi connectivity index (χ1v) is 7.77. The highest BCUT2D eigenvalue weighted by atomic mass is 16.1. The van der Waals surface area contributed by atoms with Crippen molar-refractivity contribution in [1.29, 1.82) is 0 Å². The molecular weight excluding hydrogens is 274 g/mol. The number of amides is 1. The van der Waals surface area contributed by atoms with Gasteiger partial charge in [0.05, 0.1) is 11.9 Å². The van der Waals surface area contributed by atoms with Crippen LogP contribution in [0.15, 0.2) is 42.6 Å². The SMILES string of the molecule is CCCCCNc1ccc(NC(=O)c2ccc(C)cc2)cn1. The molecule has 1 aromatic carbocycles. The van der Waals surface area contributed by atoms with Gasteiger partial charge in [0.2, 0.25) is 0 Å². The standard InChI is InChI=1S/C18H23N3O/c1-3-4-5-12-19-17-11-10-16(13-20-17)21-18(22)15-8-6-14(2)7-9-15/h6-11,13H,3-5,12H2,1-2H3,(H,19,20)(H,21,22). The molecule has 0 spiro atoms. The van der Waals surface area contributed by atoms with Crippen molar-refractivity contribution in [2.24, 2.45) is 0 Å². The number of pyridine rings is 1. The third kappa shape index (κ3) is 4.88. The summed E-state index contributed by atoms with van der Waals surface area (Å²) in [6.07, 6.45) is 5.25. The lowest BCUT2D eigenvalue weighted by atomic mass is 10.1. The zero-order valence-corrected chi connectivity index (χ0v) is 13.2. The van der Waals surface area contributed by atoms with Gasteiger partial charge in [-0.25, -0.2) is 4.98 Å². The average Bonchev–Trinajstić information content (AvgIpc) is 2.54. The van der Waals surface area contributed by atoms with E-state index in [1.807, 2.05) is 43.3 Å². The molecule has 22 heavy (non-hydrogen) atoms. The molecule has 4 heteroatoms. The van der Waals surface area contributed by atoms with E-state index in [0.29, 0.717) is 11.3 Å². The lowest BCUT2D eigenvalue weighted by molar-refractivity contribution is 0.102. The van der Waals surface area contributed by atoms with Crippen molar-refractivity contribution in [3.63, 3.8) is 0 Å². The average molecular weight is 297 g/mol. The summed E-state index contributed by atoms with van der Waals surface area (Å²) in [5, 5.41) is 6.13. The van der Waals surface area contributed by atoms with Crippen LogP contribution in [0, 0.1) is 6.92 Å². The molecule has 1 heterocycles. The van der Waals surface area contributed by atoms with Crippen LogP contribution >= 0.6 is 0 Å². The number of anilines is 2. The monoisotopic (exact) mass is 297 g/mol. The molecule has 1 amide bonds.